The second-order valence-corrected chi connectivity index (χ2v) is 6.77. The molecule has 3 rings (SSSR count). The van der Waals surface area contributed by atoms with Gasteiger partial charge in [0.05, 0.1) is 0 Å². The Morgan fingerprint density at radius 1 is 1.14 bits per heavy atom. The van der Waals surface area contributed by atoms with E-state index in [9.17, 15) is 9.59 Å². The molecule has 1 atom stereocenters. The van der Waals surface area contributed by atoms with Crippen LogP contribution in [0, 0.1) is 17.8 Å². The van der Waals surface area contributed by atoms with Crippen LogP contribution in [0.15, 0.2) is 70.6 Å². The summed E-state index contributed by atoms with van der Waals surface area (Å²) in [5.74, 6) is 6.08. The summed E-state index contributed by atoms with van der Waals surface area (Å²) in [6.45, 7) is 6.82. The van der Waals surface area contributed by atoms with E-state index in [1.54, 1.807) is 6.92 Å². The average molecular weight is 370 g/mol. The Morgan fingerprint density at radius 3 is 2.57 bits per heavy atom. The first-order chi connectivity index (χ1) is 13.4. The minimum absolute atomic E-state index is 0.0793. The summed E-state index contributed by atoms with van der Waals surface area (Å²) in [5.41, 5.74) is 9.78. The van der Waals surface area contributed by atoms with Crippen LogP contribution in [-0.2, 0) is 9.59 Å². The van der Waals surface area contributed by atoms with Gasteiger partial charge in [-0.05, 0) is 54.8 Å². The smallest absolute Gasteiger partial charge is 0.221 e. The molecule has 1 unspecified atom stereocenters. The fourth-order valence-electron chi connectivity index (χ4n) is 3.41. The number of benzene rings is 1. The molecular weight excluding hydrogens is 348 g/mol. The standard InChI is InChI=1S/C24H22N2O2/c1-5-7-22-23(18-8-6-9-19(13-18)25-16(3)27)12-15(2)21-11-10-20(14-24(21)22)26-17(4)28/h6,8-11,13-14,21H,1-4H3,(H,25,27)(H,26,28). The maximum absolute atomic E-state index is 11.5. The Morgan fingerprint density at radius 2 is 1.89 bits per heavy atom. The molecule has 0 aromatic heterocycles. The summed E-state index contributed by atoms with van der Waals surface area (Å²) < 4.78 is 0. The largest absolute Gasteiger partial charge is 0.326 e. The van der Waals surface area contributed by atoms with Gasteiger partial charge in [0.1, 0.15) is 0 Å². The third kappa shape index (κ3) is 4.06. The van der Waals surface area contributed by atoms with E-state index in [4.69, 9.17) is 0 Å². The van der Waals surface area contributed by atoms with Crippen molar-refractivity contribution < 1.29 is 9.59 Å². The molecule has 2 aliphatic rings. The van der Waals surface area contributed by atoms with Crippen LogP contribution in [0.1, 0.15) is 33.3 Å². The highest BCUT2D eigenvalue weighted by Crippen LogP contribution is 2.39. The van der Waals surface area contributed by atoms with Crippen molar-refractivity contribution in [3.05, 3.63) is 76.2 Å². The number of amides is 2. The summed E-state index contributed by atoms with van der Waals surface area (Å²) in [7, 11) is 0. The van der Waals surface area contributed by atoms with Crippen molar-refractivity contribution in [3.63, 3.8) is 0 Å². The van der Waals surface area contributed by atoms with E-state index in [1.807, 2.05) is 43.3 Å². The molecule has 0 heterocycles. The van der Waals surface area contributed by atoms with Gasteiger partial charge in [0.25, 0.3) is 0 Å². The van der Waals surface area contributed by atoms with E-state index in [-0.39, 0.29) is 17.7 Å². The van der Waals surface area contributed by atoms with Gasteiger partial charge in [-0.2, -0.15) is 0 Å². The lowest BCUT2D eigenvalue weighted by Gasteiger charge is -2.26. The maximum atomic E-state index is 11.5. The second-order valence-electron chi connectivity index (χ2n) is 6.77. The van der Waals surface area contributed by atoms with E-state index in [1.165, 1.54) is 13.8 Å². The van der Waals surface area contributed by atoms with Gasteiger partial charge in [0.15, 0.2) is 0 Å². The van der Waals surface area contributed by atoms with Crippen molar-refractivity contribution in [2.24, 2.45) is 5.92 Å². The predicted octanol–water partition coefficient (Wildman–Crippen LogP) is 4.11. The Kier molecular flexibility index (Phi) is 5.49. The number of anilines is 1. The molecule has 0 radical (unpaired) electrons. The lowest BCUT2D eigenvalue weighted by atomic mass is 9.78. The molecule has 2 N–H and O–H groups in total. The van der Waals surface area contributed by atoms with E-state index in [0.29, 0.717) is 0 Å². The van der Waals surface area contributed by atoms with Crippen LogP contribution in [-0.4, -0.2) is 11.8 Å². The lowest BCUT2D eigenvalue weighted by molar-refractivity contribution is -0.118. The van der Waals surface area contributed by atoms with Crippen LogP contribution in [0.3, 0.4) is 0 Å². The van der Waals surface area contributed by atoms with E-state index in [0.717, 1.165) is 39.2 Å². The SMILES string of the molecule is CC#CC1=C2C=C(NC(C)=O)C=CC2C(C)=C=C1c1cccc(NC(C)=O)c1. The minimum atomic E-state index is -0.117. The average Bonchev–Trinajstić information content (AvgIpc) is 2.63. The normalized spacial score (nSPS) is 17.4. The minimum Gasteiger partial charge on any atom is -0.326 e. The van der Waals surface area contributed by atoms with Crippen LogP contribution >= 0.6 is 0 Å². The van der Waals surface area contributed by atoms with Crippen molar-refractivity contribution in [1.29, 1.82) is 0 Å². The van der Waals surface area contributed by atoms with Gasteiger partial charge in [-0.25, -0.2) is 0 Å². The second kappa shape index (κ2) is 8.00. The number of hydrogen-bond acceptors (Lipinski definition) is 2. The van der Waals surface area contributed by atoms with Gasteiger partial charge < -0.3 is 10.6 Å². The Balaban J connectivity index is 2.16. The quantitative estimate of drug-likeness (QED) is 0.621. The number of carbonyl (C=O) groups excluding carboxylic acids is 2. The highest BCUT2D eigenvalue weighted by Gasteiger charge is 2.25. The zero-order chi connectivity index (χ0) is 20.3. The van der Waals surface area contributed by atoms with Gasteiger partial charge in [0, 0.05) is 42.3 Å². The number of nitrogens with one attached hydrogen (secondary N) is 2. The monoisotopic (exact) mass is 370 g/mol. The van der Waals surface area contributed by atoms with E-state index in [2.05, 4.69) is 34.3 Å². The molecule has 0 fully saturated rings. The predicted molar refractivity (Wildman–Crippen MR) is 112 cm³/mol. The maximum Gasteiger partial charge on any atom is 0.221 e. The molecule has 140 valence electrons. The number of hydrogen-bond donors (Lipinski definition) is 2. The first-order valence-electron chi connectivity index (χ1n) is 9.09. The zero-order valence-corrected chi connectivity index (χ0v) is 16.4. The van der Waals surface area contributed by atoms with Crippen LogP contribution < -0.4 is 10.6 Å². The molecule has 4 heteroatoms. The van der Waals surface area contributed by atoms with Crippen molar-refractivity contribution in [1.82, 2.24) is 5.32 Å². The third-order valence-electron chi connectivity index (χ3n) is 4.48. The van der Waals surface area contributed by atoms with Crippen LogP contribution in [0.4, 0.5) is 5.69 Å². The Labute approximate surface area is 165 Å². The number of allylic oxidation sites excluding steroid dienone is 6. The number of rotatable bonds is 3. The van der Waals surface area contributed by atoms with Crippen molar-refractivity contribution >= 4 is 23.1 Å². The van der Waals surface area contributed by atoms with E-state index < -0.39 is 0 Å². The van der Waals surface area contributed by atoms with E-state index >= 15 is 0 Å². The molecule has 28 heavy (non-hydrogen) atoms. The molecule has 0 saturated heterocycles. The van der Waals surface area contributed by atoms with Gasteiger partial charge in [0.2, 0.25) is 11.8 Å². The number of carbonyl (C=O) groups is 2. The van der Waals surface area contributed by atoms with Crippen molar-refractivity contribution in [3.8, 4) is 11.8 Å². The summed E-state index contributed by atoms with van der Waals surface area (Å²) in [4.78, 5) is 22.9. The van der Waals surface area contributed by atoms with Crippen molar-refractivity contribution in [2.75, 3.05) is 5.32 Å². The Bertz CT molecular complexity index is 1080. The summed E-state index contributed by atoms with van der Waals surface area (Å²) in [6.07, 6.45) is 5.96. The molecule has 2 aliphatic carbocycles. The summed E-state index contributed by atoms with van der Waals surface area (Å²) in [5, 5.41) is 5.66. The van der Waals surface area contributed by atoms with Gasteiger partial charge >= 0.3 is 0 Å². The van der Waals surface area contributed by atoms with Gasteiger partial charge in [-0.3, -0.25) is 9.59 Å². The molecule has 1 aromatic rings. The molecule has 0 bridgehead atoms. The highest BCUT2D eigenvalue weighted by molar-refractivity contribution is 5.92. The first kappa shape index (κ1) is 19.2. The third-order valence-corrected chi connectivity index (χ3v) is 4.48. The number of fused-ring (bicyclic) bond motifs is 1. The van der Waals surface area contributed by atoms with Crippen LogP contribution in [0.2, 0.25) is 0 Å². The van der Waals surface area contributed by atoms with Gasteiger partial charge in [-0.1, -0.05) is 24.1 Å². The topological polar surface area (TPSA) is 58.2 Å². The summed E-state index contributed by atoms with van der Waals surface area (Å²) >= 11 is 0. The molecule has 0 saturated carbocycles. The lowest BCUT2D eigenvalue weighted by Crippen LogP contribution is -2.21. The first-order valence-corrected chi connectivity index (χ1v) is 9.09. The fourth-order valence-corrected chi connectivity index (χ4v) is 3.41. The van der Waals surface area contributed by atoms with Crippen LogP contribution in [0.25, 0.3) is 5.57 Å². The molecule has 0 aliphatic heterocycles. The molecule has 1 aromatic carbocycles. The van der Waals surface area contributed by atoms with Gasteiger partial charge in [-0.15, -0.1) is 11.7 Å². The molecular formula is C24H22N2O2. The molecule has 4 nitrogen and oxygen atoms in total. The fraction of sp³-hybridized carbons (Fsp3) is 0.208. The van der Waals surface area contributed by atoms with Crippen LogP contribution in [0.5, 0.6) is 0 Å². The Hall–Kier alpha value is -3.54. The summed E-state index contributed by atoms with van der Waals surface area (Å²) in [6, 6.07) is 7.66. The molecule has 2 amide bonds. The zero-order valence-electron chi connectivity index (χ0n) is 16.4. The molecule has 0 spiro atoms. The highest BCUT2D eigenvalue weighted by atomic mass is 16.2. The van der Waals surface area contributed by atoms with Crippen molar-refractivity contribution in [2.45, 2.75) is 27.7 Å².